The van der Waals surface area contributed by atoms with Crippen LogP contribution in [-0.4, -0.2) is 29.9 Å². The second kappa shape index (κ2) is 6.45. The van der Waals surface area contributed by atoms with Crippen LogP contribution in [0.3, 0.4) is 0 Å². The molecule has 0 saturated heterocycles. The van der Waals surface area contributed by atoms with Crippen LogP contribution in [0, 0.1) is 0 Å². The second-order valence-corrected chi connectivity index (χ2v) is 6.63. The lowest BCUT2D eigenvalue weighted by Gasteiger charge is -2.34. The molecular formula is C13H22O4Si. The van der Waals surface area contributed by atoms with Crippen molar-refractivity contribution in [1.82, 2.24) is 0 Å². The third kappa shape index (κ3) is 3.63. The predicted octanol–water partition coefficient (Wildman–Crippen LogP) is 2.70. The first-order valence-corrected chi connectivity index (χ1v) is 7.63. The second-order valence-electron chi connectivity index (χ2n) is 4.32. The van der Waals surface area contributed by atoms with Crippen molar-refractivity contribution < 1.29 is 17.7 Å². The van der Waals surface area contributed by atoms with Crippen molar-refractivity contribution in [3.8, 4) is 0 Å². The fourth-order valence-electron chi connectivity index (χ4n) is 1.70. The smallest absolute Gasteiger partial charge is 0.355 e. The predicted molar refractivity (Wildman–Crippen MR) is 72.0 cm³/mol. The minimum atomic E-state index is -3.06. The van der Waals surface area contributed by atoms with Gasteiger partial charge in [0.1, 0.15) is 0 Å². The van der Waals surface area contributed by atoms with Gasteiger partial charge in [0, 0.05) is 20.8 Å². The highest BCUT2D eigenvalue weighted by Gasteiger charge is 2.48. The molecule has 1 aromatic rings. The molecule has 0 spiro atoms. The van der Waals surface area contributed by atoms with Crippen LogP contribution in [0.5, 0.6) is 0 Å². The Morgan fingerprint density at radius 2 is 1.61 bits per heavy atom. The van der Waals surface area contributed by atoms with Gasteiger partial charge >= 0.3 is 9.05 Å². The average molecular weight is 270 g/mol. The molecule has 102 valence electrons. The Morgan fingerprint density at radius 3 is 2.06 bits per heavy atom. The Labute approximate surface area is 110 Å². The van der Waals surface area contributed by atoms with Gasteiger partial charge in [0.2, 0.25) is 0 Å². The maximum absolute atomic E-state index is 6.02. The third-order valence-electron chi connectivity index (χ3n) is 2.67. The van der Waals surface area contributed by atoms with E-state index >= 15 is 0 Å². The van der Waals surface area contributed by atoms with Crippen LogP contribution in [0.1, 0.15) is 26.3 Å². The molecule has 0 atom stereocenters. The molecule has 0 saturated carbocycles. The van der Waals surface area contributed by atoms with E-state index in [1.165, 1.54) is 0 Å². The highest BCUT2D eigenvalue weighted by atomic mass is 28.4. The summed E-state index contributed by atoms with van der Waals surface area (Å²) in [5.74, 6) is 0. The zero-order chi connectivity index (χ0) is 13.6. The summed E-state index contributed by atoms with van der Waals surface area (Å²) in [5, 5.41) is 0. The Kier molecular flexibility index (Phi) is 5.49. The molecule has 18 heavy (non-hydrogen) atoms. The third-order valence-corrected chi connectivity index (χ3v) is 5.07. The Bertz CT molecular complexity index is 349. The molecule has 0 aromatic heterocycles. The minimum Gasteiger partial charge on any atom is -0.355 e. The maximum Gasteiger partial charge on any atom is 0.679 e. The maximum atomic E-state index is 6.02. The Hall–Kier alpha value is -0.723. The fourth-order valence-corrected chi connectivity index (χ4v) is 3.43. The van der Waals surface area contributed by atoms with Crippen LogP contribution < -0.4 is 0 Å². The minimum absolute atomic E-state index is 0.485. The average Bonchev–Trinajstić information content (AvgIpc) is 2.39. The van der Waals surface area contributed by atoms with Gasteiger partial charge in [-0.2, -0.15) is 0 Å². The lowest BCUT2D eigenvalue weighted by atomic mass is 9.99. The van der Waals surface area contributed by atoms with Crippen LogP contribution in [0.15, 0.2) is 30.3 Å². The summed E-state index contributed by atoms with van der Waals surface area (Å²) in [6, 6.07) is 9.94. The van der Waals surface area contributed by atoms with Crippen molar-refractivity contribution in [3.63, 3.8) is 0 Å². The Balaban J connectivity index is 2.92. The molecule has 1 aromatic carbocycles. The van der Waals surface area contributed by atoms with Crippen LogP contribution >= 0.6 is 0 Å². The van der Waals surface area contributed by atoms with Crippen molar-refractivity contribution in [3.05, 3.63) is 35.9 Å². The molecule has 0 N–H and O–H groups in total. The van der Waals surface area contributed by atoms with E-state index in [0.29, 0.717) is 6.61 Å². The number of hydrogen-bond donors (Lipinski definition) is 0. The zero-order valence-corrected chi connectivity index (χ0v) is 12.7. The van der Waals surface area contributed by atoms with Crippen molar-refractivity contribution >= 4 is 9.05 Å². The summed E-state index contributed by atoms with van der Waals surface area (Å²) in [4.78, 5) is 0. The fraction of sp³-hybridized carbons (Fsp3) is 0.538. The normalized spacial score (nSPS) is 12.7. The molecule has 5 heteroatoms. The van der Waals surface area contributed by atoms with Crippen LogP contribution in [-0.2, 0) is 23.3 Å². The SMILES string of the molecule is CCO[Si](OC)(OC)OC(C)(C)c1ccccc1. The number of hydrogen-bond acceptors (Lipinski definition) is 4. The number of benzene rings is 1. The van der Waals surface area contributed by atoms with Crippen LogP contribution in [0.25, 0.3) is 0 Å². The van der Waals surface area contributed by atoms with E-state index < -0.39 is 14.6 Å². The lowest BCUT2D eigenvalue weighted by Crippen LogP contribution is -2.51. The van der Waals surface area contributed by atoms with Crippen molar-refractivity contribution in [2.75, 3.05) is 20.8 Å². The van der Waals surface area contributed by atoms with E-state index in [2.05, 4.69) is 0 Å². The molecule has 0 bridgehead atoms. The van der Waals surface area contributed by atoms with Gasteiger partial charge in [-0.15, -0.1) is 0 Å². The molecule has 4 nitrogen and oxygen atoms in total. The van der Waals surface area contributed by atoms with Crippen molar-refractivity contribution in [1.29, 1.82) is 0 Å². The monoisotopic (exact) mass is 270 g/mol. The summed E-state index contributed by atoms with van der Waals surface area (Å²) in [5.41, 5.74) is 0.518. The van der Waals surface area contributed by atoms with E-state index in [9.17, 15) is 0 Å². The van der Waals surface area contributed by atoms with Crippen LogP contribution in [0.2, 0.25) is 0 Å². The van der Waals surface area contributed by atoms with Gasteiger partial charge in [-0.3, -0.25) is 0 Å². The molecule has 0 amide bonds. The van der Waals surface area contributed by atoms with Crippen molar-refractivity contribution in [2.45, 2.75) is 26.4 Å². The summed E-state index contributed by atoms with van der Waals surface area (Å²) in [7, 11) is 0.0345. The molecule has 0 aliphatic carbocycles. The topological polar surface area (TPSA) is 36.9 Å². The number of rotatable bonds is 7. The van der Waals surface area contributed by atoms with Gasteiger partial charge in [-0.25, -0.2) is 0 Å². The van der Waals surface area contributed by atoms with Gasteiger partial charge in [0.05, 0.1) is 5.60 Å². The van der Waals surface area contributed by atoms with E-state index in [-0.39, 0.29) is 0 Å². The van der Waals surface area contributed by atoms with E-state index in [0.717, 1.165) is 5.56 Å². The summed E-state index contributed by atoms with van der Waals surface area (Å²) in [6.07, 6.45) is 0. The van der Waals surface area contributed by atoms with Gasteiger partial charge in [-0.1, -0.05) is 30.3 Å². The molecule has 0 heterocycles. The summed E-state index contributed by atoms with van der Waals surface area (Å²) < 4.78 is 22.3. The molecular weight excluding hydrogens is 248 g/mol. The van der Waals surface area contributed by atoms with Crippen molar-refractivity contribution in [2.24, 2.45) is 0 Å². The van der Waals surface area contributed by atoms with Gasteiger partial charge in [-0.05, 0) is 26.3 Å². The lowest BCUT2D eigenvalue weighted by molar-refractivity contribution is -0.0662. The standard InChI is InChI=1S/C13H22O4Si/c1-6-16-18(14-4,15-5)17-13(2,3)12-10-8-7-9-11-12/h7-11H,6H2,1-5H3. The molecule has 0 unspecified atom stereocenters. The molecule has 0 fully saturated rings. The highest BCUT2D eigenvalue weighted by molar-refractivity contribution is 6.53. The van der Waals surface area contributed by atoms with E-state index in [4.69, 9.17) is 17.7 Å². The Morgan fingerprint density at radius 1 is 1.06 bits per heavy atom. The zero-order valence-electron chi connectivity index (χ0n) is 11.7. The quantitative estimate of drug-likeness (QED) is 0.714. The largest absolute Gasteiger partial charge is 0.679 e. The van der Waals surface area contributed by atoms with Crippen LogP contribution in [0.4, 0.5) is 0 Å². The van der Waals surface area contributed by atoms with Gasteiger partial charge in [0.15, 0.2) is 0 Å². The molecule has 0 radical (unpaired) electrons. The first-order chi connectivity index (χ1) is 8.49. The highest BCUT2D eigenvalue weighted by Crippen LogP contribution is 2.29. The van der Waals surface area contributed by atoms with Gasteiger partial charge in [0.25, 0.3) is 0 Å². The first-order valence-electron chi connectivity index (χ1n) is 5.99. The molecule has 0 aliphatic rings. The van der Waals surface area contributed by atoms with E-state index in [1.807, 2.05) is 51.1 Å². The van der Waals surface area contributed by atoms with Gasteiger partial charge < -0.3 is 17.7 Å². The first kappa shape index (κ1) is 15.3. The summed E-state index contributed by atoms with van der Waals surface area (Å²) in [6.45, 7) is 6.32. The van der Waals surface area contributed by atoms with E-state index in [1.54, 1.807) is 14.2 Å². The molecule has 0 aliphatic heterocycles. The summed E-state index contributed by atoms with van der Waals surface area (Å²) >= 11 is 0. The molecule has 1 rings (SSSR count).